The highest BCUT2D eigenvalue weighted by molar-refractivity contribution is 7.99. The number of methoxy groups -OCH3 is 2. The highest BCUT2D eigenvalue weighted by Gasteiger charge is 2.17. The number of benzene rings is 3. The smallest absolute Gasteiger partial charge is 0.338 e. The summed E-state index contributed by atoms with van der Waals surface area (Å²) in [5.74, 6) is 0.956. The Morgan fingerprint density at radius 2 is 1.59 bits per heavy atom. The SMILES string of the molecule is COc1cccc(OC)c1-n1cc(-c2ccccc2Sc2ccc(C(=O)OCC[N+](C)(C)C)cc2)nn1. The van der Waals surface area contributed by atoms with Crippen LogP contribution in [0.1, 0.15) is 10.4 Å². The highest BCUT2D eigenvalue weighted by Crippen LogP contribution is 2.37. The first kappa shape index (κ1) is 26.2. The molecule has 1 aromatic heterocycles. The minimum Gasteiger partial charge on any atom is -0.494 e. The van der Waals surface area contributed by atoms with Crippen molar-refractivity contribution in [1.82, 2.24) is 15.0 Å². The van der Waals surface area contributed by atoms with Crippen LogP contribution < -0.4 is 9.47 Å². The van der Waals surface area contributed by atoms with Crippen molar-refractivity contribution < 1.29 is 23.5 Å². The minimum absolute atomic E-state index is 0.311. The molecule has 9 heteroatoms. The van der Waals surface area contributed by atoms with Crippen LogP contribution in [-0.4, -0.2) is 74.0 Å². The molecule has 0 aliphatic heterocycles. The predicted octanol–water partition coefficient (Wildman–Crippen LogP) is 4.97. The molecular weight excluding hydrogens is 488 g/mol. The van der Waals surface area contributed by atoms with Crippen LogP contribution in [0.15, 0.2) is 82.7 Å². The molecule has 8 nitrogen and oxygen atoms in total. The van der Waals surface area contributed by atoms with E-state index in [9.17, 15) is 4.79 Å². The lowest BCUT2D eigenvalue weighted by molar-refractivity contribution is -0.870. The van der Waals surface area contributed by atoms with Gasteiger partial charge in [0.05, 0.1) is 47.1 Å². The molecule has 0 saturated heterocycles. The van der Waals surface area contributed by atoms with Gasteiger partial charge in [-0.15, -0.1) is 5.10 Å². The fraction of sp³-hybridized carbons (Fsp3) is 0.250. The van der Waals surface area contributed by atoms with Gasteiger partial charge in [0, 0.05) is 15.4 Å². The Morgan fingerprint density at radius 1 is 0.919 bits per heavy atom. The summed E-state index contributed by atoms with van der Waals surface area (Å²) < 4.78 is 18.8. The zero-order valence-corrected chi connectivity index (χ0v) is 22.5. The average molecular weight is 520 g/mol. The molecule has 3 aromatic carbocycles. The van der Waals surface area contributed by atoms with Crippen LogP contribution in [0.2, 0.25) is 0 Å². The largest absolute Gasteiger partial charge is 0.494 e. The topological polar surface area (TPSA) is 75.5 Å². The van der Waals surface area contributed by atoms with Crippen molar-refractivity contribution in [2.45, 2.75) is 9.79 Å². The van der Waals surface area contributed by atoms with Crippen LogP contribution in [-0.2, 0) is 4.74 Å². The van der Waals surface area contributed by atoms with Gasteiger partial charge in [0.1, 0.15) is 30.3 Å². The Bertz CT molecular complexity index is 1340. The fourth-order valence-corrected chi connectivity index (χ4v) is 4.56. The Hall–Kier alpha value is -3.82. The van der Waals surface area contributed by atoms with Crippen LogP contribution >= 0.6 is 11.8 Å². The molecule has 0 unspecified atom stereocenters. The molecule has 37 heavy (non-hydrogen) atoms. The number of hydrogen-bond acceptors (Lipinski definition) is 7. The van der Waals surface area contributed by atoms with E-state index in [1.807, 2.05) is 60.8 Å². The Labute approximate surface area is 221 Å². The van der Waals surface area contributed by atoms with Crippen LogP contribution in [0.5, 0.6) is 11.5 Å². The standard InChI is InChI=1S/C28H31N4O4S/c1-32(2,3)17-18-36-28(33)20-13-15-21(16-14-20)37-26-12-7-6-9-22(26)23-19-31(30-29-23)27-24(34-4)10-8-11-25(27)35-5/h6-16,19H,17-18H2,1-5H3/q+1. The molecule has 0 amide bonds. The first-order valence-corrected chi connectivity index (χ1v) is 12.6. The van der Waals surface area contributed by atoms with Gasteiger partial charge >= 0.3 is 5.97 Å². The van der Waals surface area contributed by atoms with Crippen LogP contribution in [0.3, 0.4) is 0 Å². The Balaban J connectivity index is 1.52. The van der Waals surface area contributed by atoms with E-state index in [0.29, 0.717) is 35.1 Å². The fourth-order valence-electron chi connectivity index (χ4n) is 3.60. The monoisotopic (exact) mass is 519 g/mol. The summed E-state index contributed by atoms with van der Waals surface area (Å²) in [5.41, 5.74) is 2.87. The van der Waals surface area contributed by atoms with Crippen molar-refractivity contribution in [3.63, 3.8) is 0 Å². The van der Waals surface area contributed by atoms with E-state index in [2.05, 4.69) is 31.5 Å². The number of carbonyl (C=O) groups is 1. The van der Waals surface area contributed by atoms with Gasteiger partial charge in [-0.3, -0.25) is 0 Å². The number of likely N-dealkylation sites (N-methyl/N-ethyl adjacent to an activating group) is 1. The lowest BCUT2D eigenvalue weighted by atomic mass is 10.2. The van der Waals surface area contributed by atoms with Gasteiger partial charge in [-0.05, 0) is 42.5 Å². The molecular formula is C28H31N4O4S+. The second kappa shape index (κ2) is 11.5. The maximum Gasteiger partial charge on any atom is 0.338 e. The second-order valence-corrected chi connectivity index (χ2v) is 10.4. The number of hydrogen-bond donors (Lipinski definition) is 0. The summed E-state index contributed by atoms with van der Waals surface area (Å²) in [6.07, 6.45) is 1.86. The summed E-state index contributed by atoms with van der Waals surface area (Å²) in [5, 5.41) is 8.77. The molecule has 0 N–H and O–H groups in total. The third kappa shape index (κ3) is 6.49. The molecule has 1 heterocycles. The first-order valence-electron chi connectivity index (χ1n) is 11.8. The van der Waals surface area contributed by atoms with Gasteiger partial charge in [-0.2, -0.15) is 0 Å². The number of esters is 1. The quantitative estimate of drug-likeness (QED) is 0.216. The third-order valence-corrected chi connectivity index (χ3v) is 6.68. The predicted molar refractivity (Wildman–Crippen MR) is 144 cm³/mol. The maximum absolute atomic E-state index is 12.4. The van der Waals surface area contributed by atoms with Gasteiger partial charge in [0.15, 0.2) is 5.69 Å². The molecule has 4 aromatic rings. The number of quaternary nitrogens is 1. The number of rotatable bonds is 10. The number of para-hydroxylation sites is 1. The van der Waals surface area contributed by atoms with Crippen molar-refractivity contribution in [1.29, 1.82) is 0 Å². The van der Waals surface area contributed by atoms with E-state index in [-0.39, 0.29) is 5.97 Å². The van der Waals surface area contributed by atoms with Crippen molar-refractivity contribution in [2.24, 2.45) is 0 Å². The second-order valence-electron chi connectivity index (χ2n) is 9.33. The molecule has 0 radical (unpaired) electrons. The van der Waals surface area contributed by atoms with Gasteiger partial charge in [-0.1, -0.05) is 41.2 Å². The molecule has 0 saturated carbocycles. The summed E-state index contributed by atoms with van der Waals surface area (Å²) in [7, 11) is 9.41. The van der Waals surface area contributed by atoms with Crippen molar-refractivity contribution in [3.8, 4) is 28.4 Å². The van der Waals surface area contributed by atoms with Crippen molar-refractivity contribution in [3.05, 3.63) is 78.5 Å². The molecule has 4 rings (SSSR count). The highest BCUT2D eigenvalue weighted by atomic mass is 32.2. The Morgan fingerprint density at radius 3 is 2.24 bits per heavy atom. The number of nitrogens with zero attached hydrogens (tertiary/aromatic N) is 4. The third-order valence-electron chi connectivity index (χ3n) is 5.60. The van der Waals surface area contributed by atoms with Crippen LogP contribution in [0.25, 0.3) is 16.9 Å². The van der Waals surface area contributed by atoms with E-state index in [4.69, 9.17) is 14.2 Å². The Kier molecular flexibility index (Phi) is 8.15. The first-order chi connectivity index (χ1) is 17.8. The van der Waals surface area contributed by atoms with E-state index in [0.717, 1.165) is 26.4 Å². The molecule has 0 atom stereocenters. The minimum atomic E-state index is -0.311. The van der Waals surface area contributed by atoms with Crippen molar-refractivity contribution in [2.75, 3.05) is 48.5 Å². The zero-order chi connectivity index (χ0) is 26.4. The van der Waals surface area contributed by atoms with E-state index < -0.39 is 0 Å². The van der Waals surface area contributed by atoms with E-state index in [1.54, 1.807) is 42.8 Å². The van der Waals surface area contributed by atoms with E-state index >= 15 is 0 Å². The zero-order valence-electron chi connectivity index (χ0n) is 21.7. The van der Waals surface area contributed by atoms with Gasteiger partial charge in [-0.25, -0.2) is 9.48 Å². The number of aromatic nitrogens is 3. The van der Waals surface area contributed by atoms with Crippen LogP contribution in [0, 0.1) is 0 Å². The molecule has 0 aliphatic carbocycles. The summed E-state index contributed by atoms with van der Waals surface area (Å²) in [4.78, 5) is 14.4. The lowest BCUT2D eigenvalue weighted by Gasteiger charge is -2.23. The molecule has 0 spiro atoms. The number of carbonyl (C=O) groups excluding carboxylic acids is 1. The lowest BCUT2D eigenvalue weighted by Crippen LogP contribution is -2.38. The number of ether oxygens (including phenoxy) is 3. The van der Waals surface area contributed by atoms with Gasteiger partial charge < -0.3 is 18.7 Å². The molecule has 192 valence electrons. The van der Waals surface area contributed by atoms with Gasteiger partial charge in [0.25, 0.3) is 0 Å². The van der Waals surface area contributed by atoms with Gasteiger partial charge in [0.2, 0.25) is 0 Å². The van der Waals surface area contributed by atoms with Crippen LogP contribution in [0.4, 0.5) is 0 Å². The molecule has 0 fully saturated rings. The summed E-state index contributed by atoms with van der Waals surface area (Å²) >= 11 is 1.59. The average Bonchev–Trinajstić information content (AvgIpc) is 3.37. The summed E-state index contributed by atoms with van der Waals surface area (Å²) in [6.45, 7) is 1.14. The van der Waals surface area contributed by atoms with Crippen molar-refractivity contribution >= 4 is 17.7 Å². The molecule has 0 bridgehead atoms. The summed E-state index contributed by atoms with van der Waals surface area (Å²) in [6, 6.07) is 21.0. The molecule has 0 aliphatic rings. The maximum atomic E-state index is 12.4. The van der Waals surface area contributed by atoms with E-state index in [1.165, 1.54) is 0 Å². The normalized spacial score (nSPS) is 11.3.